The van der Waals surface area contributed by atoms with Gasteiger partial charge in [0.1, 0.15) is 5.75 Å². The highest BCUT2D eigenvalue weighted by atomic mass is 16.5. The molecule has 0 aliphatic carbocycles. The lowest BCUT2D eigenvalue weighted by Crippen LogP contribution is -2.14. The SMILES string of the molecule is Cc1ccc(C)c(OC(=O)Cc2c(C)nn(CC(C)C)c2C)c1C. The Morgan fingerprint density at radius 2 is 1.75 bits per heavy atom. The van der Waals surface area contributed by atoms with Crippen LogP contribution in [-0.2, 0) is 17.8 Å². The maximum absolute atomic E-state index is 12.5. The van der Waals surface area contributed by atoms with Gasteiger partial charge in [0.25, 0.3) is 0 Å². The van der Waals surface area contributed by atoms with Gasteiger partial charge in [-0.25, -0.2) is 0 Å². The van der Waals surface area contributed by atoms with Crippen LogP contribution >= 0.6 is 0 Å². The Kier molecular flexibility index (Phi) is 5.47. The number of benzene rings is 1. The lowest BCUT2D eigenvalue weighted by atomic mass is 10.1. The summed E-state index contributed by atoms with van der Waals surface area (Å²) in [7, 11) is 0. The van der Waals surface area contributed by atoms with Crippen LogP contribution in [-0.4, -0.2) is 15.7 Å². The van der Waals surface area contributed by atoms with Crippen molar-refractivity contribution in [3.63, 3.8) is 0 Å². The predicted octanol–water partition coefficient (Wildman–Crippen LogP) is 4.23. The van der Waals surface area contributed by atoms with Crippen molar-refractivity contribution in [2.75, 3.05) is 0 Å². The van der Waals surface area contributed by atoms with Gasteiger partial charge in [0.15, 0.2) is 0 Å². The van der Waals surface area contributed by atoms with Gasteiger partial charge in [-0.3, -0.25) is 9.48 Å². The van der Waals surface area contributed by atoms with E-state index in [2.05, 4.69) is 18.9 Å². The van der Waals surface area contributed by atoms with E-state index >= 15 is 0 Å². The third-order valence-corrected chi connectivity index (χ3v) is 4.48. The fourth-order valence-electron chi connectivity index (χ4n) is 2.89. The van der Waals surface area contributed by atoms with Gasteiger partial charge in [0.2, 0.25) is 0 Å². The number of hydrogen-bond donors (Lipinski definition) is 0. The molecule has 1 aromatic carbocycles. The fourth-order valence-corrected chi connectivity index (χ4v) is 2.89. The second-order valence-corrected chi connectivity index (χ2v) is 7.03. The minimum absolute atomic E-state index is 0.234. The summed E-state index contributed by atoms with van der Waals surface area (Å²) >= 11 is 0. The van der Waals surface area contributed by atoms with Crippen LogP contribution in [0.15, 0.2) is 12.1 Å². The average Bonchev–Trinajstić information content (AvgIpc) is 2.74. The molecule has 2 rings (SSSR count). The van der Waals surface area contributed by atoms with Crippen molar-refractivity contribution < 1.29 is 9.53 Å². The monoisotopic (exact) mass is 328 g/mol. The van der Waals surface area contributed by atoms with Crippen molar-refractivity contribution in [1.29, 1.82) is 0 Å². The standard InChI is InChI=1S/C20H28N2O2/c1-12(2)11-22-17(7)18(16(6)21-22)10-19(23)24-20-14(4)9-8-13(3)15(20)5/h8-9,12H,10-11H2,1-7H3. The number of aromatic nitrogens is 2. The minimum Gasteiger partial charge on any atom is -0.426 e. The molecule has 0 saturated heterocycles. The van der Waals surface area contributed by atoms with Crippen molar-refractivity contribution in [2.24, 2.45) is 5.92 Å². The summed E-state index contributed by atoms with van der Waals surface area (Å²) in [5.74, 6) is 0.965. The average molecular weight is 328 g/mol. The first-order valence-electron chi connectivity index (χ1n) is 8.51. The van der Waals surface area contributed by atoms with Crippen LogP contribution in [0.3, 0.4) is 0 Å². The number of hydrogen-bond acceptors (Lipinski definition) is 3. The maximum Gasteiger partial charge on any atom is 0.315 e. The molecule has 0 amide bonds. The van der Waals surface area contributed by atoms with Gasteiger partial charge in [-0.1, -0.05) is 26.0 Å². The van der Waals surface area contributed by atoms with Crippen LogP contribution < -0.4 is 4.74 Å². The highest BCUT2D eigenvalue weighted by Gasteiger charge is 2.18. The molecule has 0 spiro atoms. The Hall–Kier alpha value is -2.10. The van der Waals surface area contributed by atoms with E-state index in [-0.39, 0.29) is 12.4 Å². The van der Waals surface area contributed by atoms with Gasteiger partial charge in [-0.15, -0.1) is 0 Å². The number of rotatable bonds is 5. The van der Waals surface area contributed by atoms with Crippen LogP contribution in [0.1, 0.15) is 47.5 Å². The molecular formula is C20H28N2O2. The Morgan fingerprint density at radius 1 is 1.12 bits per heavy atom. The quantitative estimate of drug-likeness (QED) is 0.609. The number of carbonyl (C=O) groups is 1. The molecule has 130 valence electrons. The molecule has 0 radical (unpaired) electrons. The van der Waals surface area contributed by atoms with Gasteiger partial charge in [0.05, 0.1) is 12.1 Å². The molecule has 0 fully saturated rings. The number of carbonyl (C=O) groups excluding carboxylic acids is 1. The summed E-state index contributed by atoms with van der Waals surface area (Å²) in [6.45, 7) is 15.1. The molecule has 0 aliphatic heterocycles. The fraction of sp³-hybridized carbons (Fsp3) is 0.500. The highest BCUT2D eigenvalue weighted by molar-refractivity contribution is 5.76. The molecule has 0 saturated carbocycles. The van der Waals surface area contributed by atoms with Gasteiger partial charge in [-0.2, -0.15) is 5.10 Å². The second kappa shape index (κ2) is 7.20. The Morgan fingerprint density at radius 3 is 2.38 bits per heavy atom. The van der Waals surface area contributed by atoms with Crippen LogP contribution in [0.25, 0.3) is 0 Å². The minimum atomic E-state index is -0.234. The Balaban J connectivity index is 2.19. The van der Waals surface area contributed by atoms with E-state index in [1.54, 1.807) is 0 Å². The van der Waals surface area contributed by atoms with Gasteiger partial charge in [-0.05, 0) is 57.2 Å². The molecule has 24 heavy (non-hydrogen) atoms. The van der Waals surface area contributed by atoms with Crippen LogP contribution in [0, 0.1) is 40.5 Å². The van der Waals surface area contributed by atoms with E-state index in [0.717, 1.165) is 40.2 Å². The van der Waals surface area contributed by atoms with Crippen molar-refractivity contribution in [2.45, 2.75) is 61.4 Å². The third kappa shape index (κ3) is 3.86. The van der Waals surface area contributed by atoms with Crippen molar-refractivity contribution in [3.8, 4) is 5.75 Å². The van der Waals surface area contributed by atoms with E-state index in [1.807, 2.05) is 51.4 Å². The van der Waals surface area contributed by atoms with Crippen LogP contribution in [0.2, 0.25) is 0 Å². The Bertz CT molecular complexity index is 757. The molecule has 0 unspecified atom stereocenters. The first-order chi connectivity index (χ1) is 11.2. The van der Waals surface area contributed by atoms with Crippen molar-refractivity contribution in [1.82, 2.24) is 9.78 Å². The van der Waals surface area contributed by atoms with Crippen LogP contribution in [0.5, 0.6) is 5.75 Å². The first-order valence-corrected chi connectivity index (χ1v) is 8.51. The molecule has 4 nitrogen and oxygen atoms in total. The van der Waals surface area contributed by atoms with Gasteiger partial charge in [0, 0.05) is 17.8 Å². The molecule has 1 heterocycles. The summed E-state index contributed by atoms with van der Waals surface area (Å²) in [6, 6.07) is 4.04. The molecule has 0 bridgehead atoms. The third-order valence-electron chi connectivity index (χ3n) is 4.48. The molecular weight excluding hydrogens is 300 g/mol. The van der Waals surface area contributed by atoms with Crippen molar-refractivity contribution in [3.05, 3.63) is 45.8 Å². The molecule has 4 heteroatoms. The number of aryl methyl sites for hydroxylation is 3. The number of esters is 1. The topological polar surface area (TPSA) is 44.1 Å². The first kappa shape index (κ1) is 18.2. The molecule has 1 aromatic heterocycles. The zero-order valence-electron chi connectivity index (χ0n) is 15.9. The van der Waals surface area contributed by atoms with E-state index in [0.29, 0.717) is 11.7 Å². The van der Waals surface area contributed by atoms with Gasteiger partial charge < -0.3 is 4.74 Å². The lowest BCUT2D eigenvalue weighted by Gasteiger charge is -2.13. The van der Waals surface area contributed by atoms with Gasteiger partial charge >= 0.3 is 5.97 Å². The molecule has 2 aromatic rings. The largest absolute Gasteiger partial charge is 0.426 e. The predicted molar refractivity (Wildman–Crippen MR) is 96.5 cm³/mol. The number of ether oxygens (including phenoxy) is 1. The van der Waals surface area contributed by atoms with E-state index in [4.69, 9.17) is 4.74 Å². The van der Waals surface area contributed by atoms with Crippen LogP contribution in [0.4, 0.5) is 0 Å². The molecule has 0 atom stereocenters. The lowest BCUT2D eigenvalue weighted by molar-refractivity contribution is -0.133. The summed E-state index contributed by atoms with van der Waals surface area (Å²) in [6.07, 6.45) is 0.253. The summed E-state index contributed by atoms with van der Waals surface area (Å²) < 4.78 is 7.68. The van der Waals surface area contributed by atoms with E-state index in [9.17, 15) is 4.79 Å². The normalized spacial score (nSPS) is 11.2. The zero-order chi connectivity index (χ0) is 18.0. The summed E-state index contributed by atoms with van der Waals surface area (Å²) in [4.78, 5) is 12.5. The smallest absolute Gasteiger partial charge is 0.315 e. The van der Waals surface area contributed by atoms with Crippen molar-refractivity contribution >= 4 is 5.97 Å². The van der Waals surface area contributed by atoms with E-state index in [1.165, 1.54) is 0 Å². The summed E-state index contributed by atoms with van der Waals surface area (Å²) in [5.41, 5.74) is 6.06. The highest BCUT2D eigenvalue weighted by Crippen LogP contribution is 2.26. The summed E-state index contributed by atoms with van der Waals surface area (Å²) in [5, 5.41) is 4.57. The molecule has 0 aliphatic rings. The Labute approximate surface area is 144 Å². The van der Waals surface area contributed by atoms with E-state index < -0.39 is 0 Å². The zero-order valence-corrected chi connectivity index (χ0v) is 15.9. The molecule has 0 N–H and O–H groups in total. The number of nitrogens with zero attached hydrogens (tertiary/aromatic N) is 2. The second-order valence-electron chi connectivity index (χ2n) is 7.03. The maximum atomic E-state index is 12.5.